The minimum Gasteiger partial charge on any atom is -0.319 e. The Morgan fingerprint density at radius 2 is 1.67 bits per heavy atom. The molecule has 0 aliphatic rings. The Hall–Kier alpha value is -2.44. The van der Waals surface area contributed by atoms with Crippen molar-refractivity contribution in [2.75, 3.05) is 5.32 Å². The van der Waals surface area contributed by atoms with Crippen molar-refractivity contribution in [2.45, 2.75) is 6.18 Å². The fourth-order valence-electron chi connectivity index (χ4n) is 1.71. The summed E-state index contributed by atoms with van der Waals surface area (Å²) >= 11 is 0. The topological polar surface area (TPSA) is 29.1 Å². The molecular formula is C14H8F5NO. The Morgan fingerprint density at radius 3 is 2.33 bits per heavy atom. The van der Waals surface area contributed by atoms with Gasteiger partial charge in [-0.3, -0.25) is 4.79 Å². The zero-order valence-corrected chi connectivity index (χ0v) is 10.3. The summed E-state index contributed by atoms with van der Waals surface area (Å²) in [5, 5.41) is 1.93. The van der Waals surface area contributed by atoms with E-state index in [1.54, 1.807) is 0 Å². The lowest BCUT2D eigenvalue weighted by Crippen LogP contribution is -2.19. The number of amides is 1. The summed E-state index contributed by atoms with van der Waals surface area (Å²) in [6, 6.07) is 6.33. The summed E-state index contributed by atoms with van der Waals surface area (Å²) in [4.78, 5) is 11.8. The third kappa shape index (κ3) is 3.36. The summed E-state index contributed by atoms with van der Waals surface area (Å²) < 4.78 is 64.7. The molecular weight excluding hydrogens is 293 g/mol. The Balaban J connectivity index is 2.36. The van der Waals surface area contributed by atoms with E-state index in [1.165, 1.54) is 6.07 Å². The average molecular weight is 301 g/mol. The van der Waals surface area contributed by atoms with Gasteiger partial charge < -0.3 is 5.32 Å². The smallest absolute Gasteiger partial charge is 0.319 e. The molecule has 0 aliphatic heterocycles. The normalized spacial score (nSPS) is 11.3. The van der Waals surface area contributed by atoms with Crippen molar-refractivity contribution in [3.63, 3.8) is 0 Å². The highest BCUT2D eigenvalue weighted by Crippen LogP contribution is 2.32. The maximum Gasteiger partial charge on any atom is 0.417 e. The number of hydrogen-bond donors (Lipinski definition) is 1. The molecule has 0 fully saturated rings. The molecule has 0 radical (unpaired) electrons. The van der Waals surface area contributed by atoms with E-state index in [0.29, 0.717) is 6.07 Å². The van der Waals surface area contributed by atoms with E-state index < -0.39 is 40.5 Å². The molecule has 1 amide bonds. The van der Waals surface area contributed by atoms with E-state index >= 15 is 0 Å². The van der Waals surface area contributed by atoms with Crippen LogP contribution in [0.4, 0.5) is 27.6 Å². The summed E-state index contributed by atoms with van der Waals surface area (Å²) in [7, 11) is 0. The molecule has 21 heavy (non-hydrogen) atoms. The van der Waals surface area contributed by atoms with Crippen molar-refractivity contribution in [2.24, 2.45) is 0 Å². The zero-order chi connectivity index (χ0) is 15.6. The van der Waals surface area contributed by atoms with Crippen molar-refractivity contribution >= 4 is 11.6 Å². The van der Waals surface area contributed by atoms with Gasteiger partial charge in [-0.15, -0.1) is 0 Å². The first-order valence-electron chi connectivity index (χ1n) is 5.71. The van der Waals surface area contributed by atoms with Crippen molar-refractivity contribution in [1.29, 1.82) is 0 Å². The van der Waals surface area contributed by atoms with Crippen LogP contribution in [0.5, 0.6) is 0 Å². The average Bonchev–Trinajstić information content (AvgIpc) is 2.42. The van der Waals surface area contributed by atoms with Crippen molar-refractivity contribution in [1.82, 2.24) is 0 Å². The second kappa shape index (κ2) is 5.51. The van der Waals surface area contributed by atoms with Gasteiger partial charge in [0, 0.05) is 6.07 Å². The van der Waals surface area contributed by atoms with Gasteiger partial charge in [0.05, 0.1) is 16.8 Å². The first kappa shape index (κ1) is 15.0. The molecule has 0 aliphatic carbocycles. The third-order valence-electron chi connectivity index (χ3n) is 2.65. The quantitative estimate of drug-likeness (QED) is 0.826. The van der Waals surface area contributed by atoms with E-state index in [4.69, 9.17) is 0 Å². The Labute approximate surface area is 116 Å². The fraction of sp³-hybridized carbons (Fsp3) is 0.0714. The lowest BCUT2D eigenvalue weighted by Gasteiger charge is -2.13. The first-order valence-corrected chi connectivity index (χ1v) is 5.71. The predicted molar refractivity (Wildman–Crippen MR) is 65.8 cm³/mol. The molecule has 0 heterocycles. The van der Waals surface area contributed by atoms with Crippen LogP contribution in [0.3, 0.4) is 0 Å². The van der Waals surface area contributed by atoms with Gasteiger partial charge in [0.2, 0.25) is 0 Å². The van der Waals surface area contributed by atoms with Gasteiger partial charge in [-0.05, 0) is 24.3 Å². The molecule has 0 atom stereocenters. The number of nitrogens with one attached hydrogen (secondary N) is 1. The Kier molecular flexibility index (Phi) is 3.93. The number of alkyl halides is 3. The van der Waals surface area contributed by atoms with E-state index in [1.807, 2.05) is 5.32 Å². The largest absolute Gasteiger partial charge is 0.417 e. The number of rotatable bonds is 2. The lowest BCUT2D eigenvalue weighted by molar-refractivity contribution is -0.137. The number of anilines is 1. The summed E-state index contributed by atoms with van der Waals surface area (Å²) in [5.74, 6) is -2.95. The number of benzene rings is 2. The maximum atomic E-state index is 13.4. The molecule has 0 bridgehead atoms. The highest BCUT2D eigenvalue weighted by atomic mass is 19.4. The van der Waals surface area contributed by atoms with Crippen LogP contribution in [0.2, 0.25) is 0 Å². The molecule has 2 aromatic carbocycles. The molecule has 1 N–H and O–H groups in total. The van der Waals surface area contributed by atoms with Gasteiger partial charge in [0.15, 0.2) is 0 Å². The molecule has 2 nitrogen and oxygen atoms in total. The monoisotopic (exact) mass is 301 g/mol. The van der Waals surface area contributed by atoms with Gasteiger partial charge >= 0.3 is 6.18 Å². The van der Waals surface area contributed by atoms with Gasteiger partial charge in [0.25, 0.3) is 5.91 Å². The van der Waals surface area contributed by atoms with Crippen LogP contribution in [0, 0.1) is 11.6 Å². The van der Waals surface area contributed by atoms with Crippen LogP contribution in [0.25, 0.3) is 0 Å². The van der Waals surface area contributed by atoms with Crippen LogP contribution in [-0.2, 0) is 6.18 Å². The molecule has 0 saturated heterocycles. The van der Waals surface area contributed by atoms with Crippen LogP contribution in [-0.4, -0.2) is 5.91 Å². The highest BCUT2D eigenvalue weighted by molar-refractivity contribution is 6.05. The molecule has 0 unspecified atom stereocenters. The number of carbonyl (C=O) groups excluding carboxylic acids is 1. The van der Waals surface area contributed by atoms with Gasteiger partial charge in [-0.1, -0.05) is 12.1 Å². The lowest BCUT2D eigenvalue weighted by atomic mass is 10.1. The molecule has 0 saturated carbocycles. The van der Waals surface area contributed by atoms with Crippen LogP contribution < -0.4 is 5.32 Å². The molecule has 2 aromatic rings. The minimum atomic E-state index is -4.73. The maximum absolute atomic E-state index is 13.4. The molecule has 2 rings (SSSR count). The number of halogens is 5. The fourth-order valence-corrected chi connectivity index (χ4v) is 1.71. The van der Waals surface area contributed by atoms with Crippen LogP contribution in [0.15, 0.2) is 42.5 Å². The number of hydrogen-bond acceptors (Lipinski definition) is 1. The molecule has 110 valence electrons. The molecule has 7 heteroatoms. The SMILES string of the molecule is O=C(Nc1cc(F)ccc1F)c1ccccc1C(F)(F)F. The molecule has 0 aromatic heterocycles. The first-order chi connectivity index (χ1) is 9.79. The van der Waals surface area contributed by atoms with E-state index in [2.05, 4.69) is 0 Å². The van der Waals surface area contributed by atoms with Gasteiger partial charge in [0.1, 0.15) is 11.6 Å². The highest BCUT2D eigenvalue weighted by Gasteiger charge is 2.34. The van der Waals surface area contributed by atoms with Crippen molar-refractivity contribution in [3.8, 4) is 0 Å². The summed E-state index contributed by atoms with van der Waals surface area (Å²) in [5.41, 5.74) is -2.36. The number of carbonyl (C=O) groups is 1. The van der Waals surface area contributed by atoms with Crippen molar-refractivity contribution in [3.05, 3.63) is 65.2 Å². The summed E-state index contributed by atoms with van der Waals surface area (Å²) in [6.07, 6.45) is -4.73. The van der Waals surface area contributed by atoms with Crippen molar-refractivity contribution < 1.29 is 26.7 Å². The van der Waals surface area contributed by atoms with E-state index in [9.17, 15) is 26.7 Å². The second-order valence-electron chi connectivity index (χ2n) is 4.12. The van der Waals surface area contributed by atoms with Crippen LogP contribution in [0.1, 0.15) is 15.9 Å². The predicted octanol–water partition coefficient (Wildman–Crippen LogP) is 4.24. The van der Waals surface area contributed by atoms with E-state index in [-0.39, 0.29) is 0 Å². The minimum absolute atomic E-state index is 0.531. The van der Waals surface area contributed by atoms with E-state index in [0.717, 1.165) is 30.3 Å². The Bertz CT molecular complexity index is 681. The standard InChI is InChI=1S/C14H8F5NO/c15-8-5-6-11(16)12(7-8)20-13(21)9-3-1-2-4-10(9)14(17,18)19/h1-7H,(H,20,21). The summed E-state index contributed by atoms with van der Waals surface area (Å²) in [6.45, 7) is 0. The molecule has 0 spiro atoms. The zero-order valence-electron chi connectivity index (χ0n) is 10.3. The third-order valence-corrected chi connectivity index (χ3v) is 2.65. The second-order valence-corrected chi connectivity index (χ2v) is 4.12. The van der Waals surface area contributed by atoms with Gasteiger partial charge in [-0.25, -0.2) is 8.78 Å². The van der Waals surface area contributed by atoms with Gasteiger partial charge in [-0.2, -0.15) is 13.2 Å². The Morgan fingerprint density at radius 1 is 1.00 bits per heavy atom. The van der Waals surface area contributed by atoms with Crippen LogP contribution >= 0.6 is 0 Å².